The van der Waals surface area contributed by atoms with Gasteiger partial charge in [0, 0.05) is 17.2 Å². The van der Waals surface area contributed by atoms with Crippen molar-refractivity contribution in [2.24, 2.45) is 0 Å². The van der Waals surface area contributed by atoms with E-state index in [-0.39, 0.29) is 6.61 Å². The van der Waals surface area contributed by atoms with E-state index in [2.05, 4.69) is 5.32 Å². The summed E-state index contributed by atoms with van der Waals surface area (Å²) in [5.74, 6) is 1.83. The summed E-state index contributed by atoms with van der Waals surface area (Å²) >= 11 is 9.82. The van der Waals surface area contributed by atoms with Gasteiger partial charge in [0.15, 0.2) is 6.61 Å². The number of hydrogen-bond acceptors (Lipinski definition) is 6. The summed E-state index contributed by atoms with van der Waals surface area (Å²) in [5, 5.41) is 3.01. The lowest BCUT2D eigenvalue weighted by Gasteiger charge is -2.10. The Kier molecular flexibility index (Phi) is 6.93. The Morgan fingerprint density at radius 2 is 1.85 bits per heavy atom. The van der Waals surface area contributed by atoms with Crippen molar-refractivity contribution in [3.63, 3.8) is 0 Å². The van der Waals surface area contributed by atoms with E-state index < -0.39 is 11.9 Å². The number of halogens is 1. The van der Waals surface area contributed by atoms with Gasteiger partial charge in [-0.1, -0.05) is 23.7 Å². The van der Waals surface area contributed by atoms with Gasteiger partial charge in [-0.25, -0.2) is 4.79 Å². The number of ether oxygens (including phenoxy) is 2. The van der Waals surface area contributed by atoms with Gasteiger partial charge in [-0.2, -0.15) is 0 Å². The van der Waals surface area contributed by atoms with Crippen molar-refractivity contribution >= 4 is 52.7 Å². The first-order valence-electron chi connectivity index (χ1n) is 8.20. The number of esters is 1. The zero-order valence-electron chi connectivity index (χ0n) is 14.6. The van der Waals surface area contributed by atoms with Crippen LogP contribution in [-0.4, -0.2) is 37.1 Å². The summed E-state index contributed by atoms with van der Waals surface area (Å²) in [6.07, 6.45) is 0. The summed E-state index contributed by atoms with van der Waals surface area (Å²) in [5.41, 5.74) is 2.11. The Morgan fingerprint density at radius 1 is 1.15 bits per heavy atom. The number of carbonyl (C=O) groups is 2. The standard InChI is InChI=1S/C19H18ClNO4S2/c1-24-16-7-6-14(10-15(16)20)21-17(22)11-25-18(23)12-2-4-13(5-3-12)19-26-8-9-27-19/h2-7,10,19H,8-9,11H2,1H3,(H,21,22). The molecule has 1 N–H and O–H groups in total. The van der Waals surface area contributed by atoms with E-state index in [1.54, 1.807) is 30.3 Å². The van der Waals surface area contributed by atoms with E-state index in [4.69, 9.17) is 21.1 Å². The molecule has 2 aromatic rings. The lowest BCUT2D eigenvalue weighted by molar-refractivity contribution is -0.119. The maximum Gasteiger partial charge on any atom is 0.338 e. The molecule has 1 fully saturated rings. The van der Waals surface area contributed by atoms with Crippen molar-refractivity contribution in [2.45, 2.75) is 4.58 Å². The molecule has 0 unspecified atom stereocenters. The van der Waals surface area contributed by atoms with Gasteiger partial charge in [0.25, 0.3) is 5.91 Å². The molecule has 1 saturated heterocycles. The van der Waals surface area contributed by atoms with Gasteiger partial charge >= 0.3 is 5.97 Å². The fourth-order valence-corrected chi connectivity index (χ4v) is 5.60. The maximum atomic E-state index is 12.1. The van der Waals surface area contributed by atoms with Crippen molar-refractivity contribution in [3.05, 3.63) is 58.6 Å². The molecular formula is C19H18ClNO4S2. The Bertz CT molecular complexity index is 823. The summed E-state index contributed by atoms with van der Waals surface area (Å²) in [6.45, 7) is -0.376. The molecule has 1 amide bonds. The van der Waals surface area contributed by atoms with Crippen molar-refractivity contribution < 1.29 is 19.1 Å². The molecule has 0 saturated carbocycles. The molecule has 0 radical (unpaired) electrons. The predicted octanol–water partition coefficient (Wildman–Crippen LogP) is 4.62. The van der Waals surface area contributed by atoms with E-state index in [0.717, 1.165) is 11.5 Å². The molecule has 3 rings (SSSR count). The minimum atomic E-state index is -0.531. The molecule has 0 aliphatic carbocycles. The van der Waals surface area contributed by atoms with Crippen LogP contribution in [0.3, 0.4) is 0 Å². The largest absolute Gasteiger partial charge is 0.495 e. The van der Waals surface area contributed by atoms with Crippen LogP contribution >= 0.6 is 35.1 Å². The third-order valence-electron chi connectivity index (χ3n) is 3.81. The first kappa shape index (κ1) is 19.9. The van der Waals surface area contributed by atoms with E-state index in [1.807, 2.05) is 35.7 Å². The number of anilines is 1. The monoisotopic (exact) mass is 423 g/mol. The van der Waals surface area contributed by atoms with Gasteiger partial charge in [0.1, 0.15) is 5.75 Å². The Hall–Kier alpha value is -1.83. The molecule has 0 aromatic heterocycles. The van der Waals surface area contributed by atoms with Gasteiger partial charge in [-0.15, -0.1) is 23.5 Å². The predicted molar refractivity (Wildman–Crippen MR) is 111 cm³/mol. The average molecular weight is 424 g/mol. The zero-order valence-corrected chi connectivity index (χ0v) is 17.0. The zero-order chi connectivity index (χ0) is 19.2. The number of carbonyl (C=O) groups excluding carboxylic acids is 2. The highest BCUT2D eigenvalue weighted by atomic mass is 35.5. The Balaban J connectivity index is 1.50. The second-order valence-corrected chi connectivity index (χ2v) is 8.80. The number of rotatable bonds is 6. The second kappa shape index (κ2) is 9.39. The van der Waals surface area contributed by atoms with E-state index in [1.165, 1.54) is 12.7 Å². The summed E-state index contributed by atoms with van der Waals surface area (Å²) in [6, 6.07) is 12.2. The maximum absolute atomic E-state index is 12.1. The lowest BCUT2D eigenvalue weighted by atomic mass is 10.1. The fourth-order valence-electron chi connectivity index (χ4n) is 2.48. The molecule has 142 valence electrons. The van der Waals surface area contributed by atoms with Crippen molar-refractivity contribution in [1.82, 2.24) is 0 Å². The minimum absolute atomic E-state index is 0.376. The topological polar surface area (TPSA) is 64.6 Å². The minimum Gasteiger partial charge on any atom is -0.495 e. The van der Waals surface area contributed by atoms with Gasteiger partial charge < -0.3 is 14.8 Å². The molecule has 27 heavy (non-hydrogen) atoms. The number of thioether (sulfide) groups is 2. The van der Waals surface area contributed by atoms with Crippen molar-refractivity contribution in [2.75, 3.05) is 30.5 Å². The fraction of sp³-hybridized carbons (Fsp3) is 0.263. The molecule has 8 heteroatoms. The first-order valence-corrected chi connectivity index (χ1v) is 10.7. The molecule has 5 nitrogen and oxygen atoms in total. The highest BCUT2D eigenvalue weighted by Crippen LogP contribution is 2.45. The first-order chi connectivity index (χ1) is 13.1. The van der Waals surface area contributed by atoms with E-state index >= 15 is 0 Å². The SMILES string of the molecule is COc1ccc(NC(=O)COC(=O)c2ccc(C3SCCS3)cc2)cc1Cl. The average Bonchev–Trinajstić information content (AvgIpc) is 3.21. The van der Waals surface area contributed by atoms with Crippen LogP contribution in [0, 0.1) is 0 Å². The molecule has 1 aliphatic rings. The van der Waals surface area contributed by atoms with Gasteiger partial charge in [0.05, 0.1) is 22.3 Å². The normalized spacial score (nSPS) is 14.0. The highest BCUT2D eigenvalue weighted by molar-refractivity contribution is 8.19. The van der Waals surface area contributed by atoms with Crippen LogP contribution in [0.2, 0.25) is 5.02 Å². The number of nitrogens with one attached hydrogen (secondary N) is 1. The Labute approximate surface area is 171 Å². The molecule has 2 aromatic carbocycles. The molecule has 0 atom stereocenters. The number of amides is 1. The Morgan fingerprint density at radius 3 is 2.48 bits per heavy atom. The number of hydrogen-bond donors (Lipinski definition) is 1. The molecule has 1 heterocycles. The van der Waals surface area contributed by atoms with E-state index in [0.29, 0.717) is 26.6 Å². The third-order valence-corrected chi connectivity index (χ3v) is 7.21. The van der Waals surface area contributed by atoms with Crippen molar-refractivity contribution in [3.8, 4) is 5.75 Å². The molecule has 0 spiro atoms. The summed E-state index contributed by atoms with van der Waals surface area (Å²) in [4.78, 5) is 24.1. The molecule has 1 aliphatic heterocycles. The van der Waals surface area contributed by atoms with Gasteiger partial charge in [-0.05, 0) is 35.9 Å². The van der Waals surface area contributed by atoms with Crippen LogP contribution in [0.5, 0.6) is 5.75 Å². The van der Waals surface area contributed by atoms with E-state index in [9.17, 15) is 9.59 Å². The van der Waals surface area contributed by atoms with Gasteiger partial charge in [-0.3, -0.25) is 4.79 Å². The van der Waals surface area contributed by atoms with Crippen LogP contribution < -0.4 is 10.1 Å². The summed E-state index contributed by atoms with van der Waals surface area (Å²) < 4.78 is 10.6. The van der Waals surface area contributed by atoms with Gasteiger partial charge in [0.2, 0.25) is 0 Å². The van der Waals surface area contributed by atoms with Crippen LogP contribution in [0.1, 0.15) is 20.5 Å². The molecular weight excluding hydrogens is 406 g/mol. The van der Waals surface area contributed by atoms with Crippen LogP contribution in [0.25, 0.3) is 0 Å². The number of benzene rings is 2. The quantitative estimate of drug-likeness (QED) is 0.684. The third kappa shape index (κ3) is 5.34. The van der Waals surface area contributed by atoms with Crippen LogP contribution in [0.15, 0.2) is 42.5 Å². The van der Waals surface area contributed by atoms with Crippen molar-refractivity contribution in [1.29, 1.82) is 0 Å². The summed E-state index contributed by atoms with van der Waals surface area (Å²) in [7, 11) is 1.51. The smallest absolute Gasteiger partial charge is 0.338 e. The molecule has 0 bridgehead atoms. The second-order valence-electron chi connectivity index (χ2n) is 5.67. The number of methoxy groups -OCH3 is 1. The van der Waals surface area contributed by atoms with Crippen LogP contribution in [-0.2, 0) is 9.53 Å². The highest BCUT2D eigenvalue weighted by Gasteiger charge is 2.19. The van der Waals surface area contributed by atoms with Crippen LogP contribution in [0.4, 0.5) is 5.69 Å². The lowest BCUT2D eigenvalue weighted by Crippen LogP contribution is -2.20.